The summed E-state index contributed by atoms with van der Waals surface area (Å²) in [5.74, 6) is 2.91. The summed E-state index contributed by atoms with van der Waals surface area (Å²) in [6.07, 6.45) is 10.6. The highest BCUT2D eigenvalue weighted by Crippen LogP contribution is 2.72. The second kappa shape index (κ2) is 7.31. The SMILES string of the molecule is c1ccc(-c2ccc3c(c2)oc2c(-c4cc(CC5CC67CCC6CCC57)ccn4)cccc23)cc1. The maximum Gasteiger partial charge on any atom is 0.144 e. The van der Waals surface area contributed by atoms with Gasteiger partial charge >= 0.3 is 0 Å². The molecule has 2 heteroatoms. The predicted molar refractivity (Wildman–Crippen MR) is 142 cm³/mol. The molecule has 3 aliphatic carbocycles. The molecular formula is C33H29NO. The zero-order valence-electron chi connectivity index (χ0n) is 19.9. The summed E-state index contributed by atoms with van der Waals surface area (Å²) in [7, 11) is 0. The van der Waals surface area contributed by atoms with Crippen LogP contribution in [0.3, 0.4) is 0 Å². The van der Waals surface area contributed by atoms with Crippen molar-refractivity contribution in [3.05, 3.63) is 90.6 Å². The third-order valence-electron chi connectivity index (χ3n) is 9.75. The minimum atomic E-state index is 0.763. The Morgan fingerprint density at radius 2 is 1.77 bits per heavy atom. The zero-order valence-corrected chi connectivity index (χ0v) is 19.9. The predicted octanol–water partition coefficient (Wildman–Crippen LogP) is 8.68. The molecule has 0 radical (unpaired) electrons. The van der Waals surface area contributed by atoms with Crippen LogP contribution in [0, 0.1) is 23.2 Å². The Balaban J connectivity index is 1.15. The lowest BCUT2D eigenvalue weighted by atomic mass is 9.44. The summed E-state index contributed by atoms with van der Waals surface area (Å²) in [6.45, 7) is 0. The second-order valence-corrected chi connectivity index (χ2v) is 11.2. The molecule has 3 aliphatic rings. The molecule has 172 valence electrons. The van der Waals surface area contributed by atoms with Crippen molar-refractivity contribution < 1.29 is 4.42 Å². The number of benzene rings is 3. The molecule has 4 atom stereocenters. The highest BCUT2D eigenvalue weighted by atomic mass is 16.3. The number of aromatic nitrogens is 1. The first-order chi connectivity index (χ1) is 17.3. The lowest BCUT2D eigenvalue weighted by Crippen LogP contribution is -2.53. The molecule has 2 nitrogen and oxygen atoms in total. The summed E-state index contributed by atoms with van der Waals surface area (Å²) in [5, 5.41) is 2.32. The topological polar surface area (TPSA) is 26.0 Å². The molecule has 8 rings (SSSR count). The molecule has 0 bridgehead atoms. The number of nitrogens with zero attached hydrogens (tertiary/aromatic N) is 1. The van der Waals surface area contributed by atoms with Crippen LogP contribution in [-0.4, -0.2) is 4.98 Å². The van der Waals surface area contributed by atoms with E-state index in [0.29, 0.717) is 0 Å². The molecule has 4 unspecified atom stereocenters. The summed E-state index contributed by atoms with van der Waals surface area (Å²) in [5.41, 5.74) is 8.56. The van der Waals surface area contributed by atoms with E-state index in [0.717, 1.165) is 56.4 Å². The molecular weight excluding hydrogens is 426 g/mol. The van der Waals surface area contributed by atoms with Crippen molar-refractivity contribution in [1.82, 2.24) is 4.98 Å². The highest BCUT2D eigenvalue weighted by Gasteiger charge is 2.64. The third-order valence-corrected chi connectivity index (χ3v) is 9.75. The molecule has 2 heterocycles. The number of rotatable bonds is 4. The fraction of sp³-hybridized carbons (Fsp3) is 0.303. The highest BCUT2D eigenvalue weighted by molar-refractivity contribution is 6.10. The van der Waals surface area contributed by atoms with Crippen LogP contribution in [0.5, 0.6) is 0 Å². The average Bonchev–Trinajstić information content (AvgIpc) is 3.35. The molecule has 0 aliphatic heterocycles. The first-order valence-corrected chi connectivity index (χ1v) is 13.2. The lowest BCUT2D eigenvalue weighted by Gasteiger charge is -2.61. The number of pyridine rings is 1. The van der Waals surface area contributed by atoms with Crippen LogP contribution in [-0.2, 0) is 6.42 Å². The number of hydrogen-bond donors (Lipinski definition) is 0. The zero-order chi connectivity index (χ0) is 23.0. The van der Waals surface area contributed by atoms with Crippen LogP contribution < -0.4 is 0 Å². The maximum atomic E-state index is 6.50. The molecule has 3 saturated carbocycles. The minimum absolute atomic E-state index is 0.763. The van der Waals surface area contributed by atoms with Gasteiger partial charge in [-0.1, -0.05) is 48.5 Å². The lowest BCUT2D eigenvalue weighted by molar-refractivity contribution is -0.113. The van der Waals surface area contributed by atoms with Crippen molar-refractivity contribution in [2.75, 3.05) is 0 Å². The molecule has 35 heavy (non-hydrogen) atoms. The molecule has 5 aromatic rings. The first kappa shape index (κ1) is 19.9. The van der Waals surface area contributed by atoms with Gasteiger partial charge in [0.2, 0.25) is 0 Å². The quantitative estimate of drug-likeness (QED) is 0.271. The van der Waals surface area contributed by atoms with Crippen molar-refractivity contribution in [3.63, 3.8) is 0 Å². The minimum Gasteiger partial charge on any atom is -0.455 e. The Hall–Kier alpha value is -3.39. The Morgan fingerprint density at radius 1 is 0.829 bits per heavy atom. The van der Waals surface area contributed by atoms with Crippen molar-refractivity contribution >= 4 is 21.9 Å². The van der Waals surface area contributed by atoms with E-state index in [9.17, 15) is 0 Å². The maximum absolute atomic E-state index is 6.50. The van der Waals surface area contributed by atoms with E-state index in [4.69, 9.17) is 9.40 Å². The average molecular weight is 456 g/mol. The summed E-state index contributed by atoms with van der Waals surface area (Å²) >= 11 is 0. The van der Waals surface area contributed by atoms with E-state index in [-0.39, 0.29) is 0 Å². The largest absolute Gasteiger partial charge is 0.455 e. The van der Waals surface area contributed by atoms with Crippen LogP contribution >= 0.6 is 0 Å². The molecule has 0 saturated heterocycles. The van der Waals surface area contributed by atoms with Crippen molar-refractivity contribution in [3.8, 4) is 22.4 Å². The number of hydrogen-bond acceptors (Lipinski definition) is 2. The van der Waals surface area contributed by atoms with Crippen LogP contribution in [0.2, 0.25) is 0 Å². The van der Waals surface area contributed by atoms with Crippen LogP contribution in [0.15, 0.2) is 89.5 Å². The van der Waals surface area contributed by atoms with Gasteiger partial charge in [-0.05, 0) is 109 Å². The molecule has 3 fully saturated rings. The van der Waals surface area contributed by atoms with Gasteiger partial charge in [-0.2, -0.15) is 0 Å². The van der Waals surface area contributed by atoms with E-state index in [2.05, 4.69) is 78.9 Å². The van der Waals surface area contributed by atoms with Crippen LogP contribution in [0.4, 0.5) is 0 Å². The normalized spacial score (nSPS) is 26.8. The molecule has 2 aromatic heterocycles. The fourth-order valence-electron chi connectivity index (χ4n) is 7.98. The van der Waals surface area contributed by atoms with Gasteiger partial charge < -0.3 is 4.42 Å². The van der Waals surface area contributed by atoms with E-state index in [1.54, 1.807) is 0 Å². The Kier molecular flexibility index (Phi) is 4.15. The number of furan rings is 1. The van der Waals surface area contributed by atoms with Gasteiger partial charge in [0.05, 0.1) is 5.69 Å². The Bertz CT molecular complexity index is 1580. The molecule has 3 aromatic carbocycles. The summed E-state index contributed by atoms with van der Waals surface area (Å²) in [6, 6.07) is 28.1. The smallest absolute Gasteiger partial charge is 0.144 e. The molecule has 0 N–H and O–H groups in total. The summed E-state index contributed by atoms with van der Waals surface area (Å²) < 4.78 is 6.50. The van der Waals surface area contributed by atoms with Gasteiger partial charge in [-0.15, -0.1) is 0 Å². The third kappa shape index (κ3) is 2.86. The monoisotopic (exact) mass is 455 g/mol. The standard InChI is InChI=1S/C33H29NO/c1-2-5-22(6-3-1)23-9-11-26-27-7-4-8-28(32(27)35-31(26)19-23)30-18-21(14-16-34-30)17-24-20-33-15-13-25(33)10-12-29(24)33/h1-9,11,14,16,18-19,24-25,29H,10,12-13,15,17,20H2. The number of para-hydroxylation sites is 1. The first-order valence-electron chi connectivity index (χ1n) is 13.2. The van der Waals surface area contributed by atoms with Crippen molar-refractivity contribution in [1.29, 1.82) is 0 Å². The van der Waals surface area contributed by atoms with Gasteiger partial charge in [0.25, 0.3) is 0 Å². The van der Waals surface area contributed by atoms with Gasteiger partial charge in [0.1, 0.15) is 11.2 Å². The Morgan fingerprint density at radius 3 is 2.66 bits per heavy atom. The van der Waals surface area contributed by atoms with Gasteiger partial charge in [-0.25, -0.2) is 0 Å². The summed E-state index contributed by atoms with van der Waals surface area (Å²) in [4.78, 5) is 4.79. The molecule has 0 amide bonds. The fourth-order valence-corrected chi connectivity index (χ4v) is 7.98. The van der Waals surface area contributed by atoms with E-state index < -0.39 is 0 Å². The second-order valence-electron chi connectivity index (χ2n) is 11.2. The van der Waals surface area contributed by atoms with Crippen molar-refractivity contribution in [2.45, 2.75) is 38.5 Å². The van der Waals surface area contributed by atoms with E-state index in [1.165, 1.54) is 55.2 Å². The molecule has 1 spiro atoms. The van der Waals surface area contributed by atoms with Crippen molar-refractivity contribution in [2.24, 2.45) is 23.2 Å². The van der Waals surface area contributed by atoms with E-state index in [1.807, 2.05) is 6.20 Å². The van der Waals surface area contributed by atoms with Crippen LogP contribution in [0.1, 0.15) is 37.7 Å². The van der Waals surface area contributed by atoms with Gasteiger partial charge in [0, 0.05) is 22.5 Å². The van der Waals surface area contributed by atoms with Crippen LogP contribution in [0.25, 0.3) is 44.3 Å². The number of fused-ring (bicyclic) bond motifs is 3. The van der Waals surface area contributed by atoms with Gasteiger partial charge in [-0.3, -0.25) is 4.98 Å². The van der Waals surface area contributed by atoms with E-state index >= 15 is 0 Å². The van der Waals surface area contributed by atoms with Gasteiger partial charge in [0.15, 0.2) is 0 Å². The Labute approximate surface area is 206 Å².